The second-order valence-electron chi connectivity index (χ2n) is 29.0. The number of benzene rings is 6. The van der Waals surface area contributed by atoms with Crippen LogP contribution < -0.4 is 21.9 Å². The molecule has 3 amide bonds. The van der Waals surface area contributed by atoms with Crippen molar-refractivity contribution >= 4 is 108 Å². The fourth-order valence-corrected chi connectivity index (χ4v) is 17.9. The number of sulfonamides is 1. The molecular formula is C79H105Cl5N10O15S3. The van der Waals surface area contributed by atoms with E-state index in [1.54, 1.807) is 91.6 Å². The van der Waals surface area contributed by atoms with Gasteiger partial charge in [0.15, 0.2) is 22.2 Å². The molecule has 614 valence electrons. The third-order valence-electron chi connectivity index (χ3n) is 20.6. The van der Waals surface area contributed by atoms with Crippen LogP contribution in [0.3, 0.4) is 0 Å². The Morgan fingerprint density at radius 1 is 0.554 bits per heavy atom. The monoisotopic (exact) mass is 1700 g/mol. The molecule has 0 saturated carbocycles. The van der Waals surface area contributed by atoms with Crippen LogP contribution in [0, 0.1) is 0 Å². The summed E-state index contributed by atoms with van der Waals surface area (Å²) < 4.78 is 111. The van der Waals surface area contributed by atoms with Gasteiger partial charge >= 0.3 is 0 Å². The molecule has 3 aliphatic heterocycles. The summed E-state index contributed by atoms with van der Waals surface area (Å²) in [4.78, 5) is 52.5. The highest BCUT2D eigenvalue weighted by Crippen LogP contribution is 2.46. The van der Waals surface area contributed by atoms with Crippen molar-refractivity contribution in [2.24, 2.45) is 17.2 Å². The molecule has 9 N–H and O–H groups in total. The quantitative estimate of drug-likeness (QED) is 0.0153. The van der Waals surface area contributed by atoms with E-state index in [0.29, 0.717) is 122 Å². The van der Waals surface area contributed by atoms with E-state index in [9.17, 15) is 40.3 Å². The van der Waals surface area contributed by atoms with Crippen LogP contribution in [0.1, 0.15) is 106 Å². The lowest BCUT2D eigenvalue weighted by Gasteiger charge is -2.38. The summed E-state index contributed by atoms with van der Waals surface area (Å²) in [6.07, 6.45) is 0.784. The van der Waals surface area contributed by atoms with Gasteiger partial charge in [-0.2, -0.15) is 0 Å². The zero-order chi connectivity index (χ0) is 80.8. The molecule has 6 aromatic rings. The van der Waals surface area contributed by atoms with Gasteiger partial charge in [-0.1, -0.05) is 94.4 Å². The lowest BCUT2D eigenvalue weighted by molar-refractivity contribution is -0.131. The number of rotatable bonds is 44. The lowest BCUT2D eigenvalue weighted by Crippen LogP contribution is -2.44. The van der Waals surface area contributed by atoms with Crippen molar-refractivity contribution < 1.29 is 68.7 Å². The van der Waals surface area contributed by atoms with Gasteiger partial charge in [-0.3, -0.25) is 19.3 Å². The number of ether oxygens (including phenoxy) is 6. The second kappa shape index (κ2) is 43.9. The van der Waals surface area contributed by atoms with Gasteiger partial charge in [0, 0.05) is 179 Å². The molecule has 25 nitrogen and oxygen atoms in total. The van der Waals surface area contributed by atoms with Crippen molar-refractivity contribution in [1.29, 1.82) is 0 Å². The highest BCUT2D eigenvalue weighted by molar-refractivity contribution is 7.89. The molecular weight excluding hydrogens is 1600 g/mol. The molecule has 3 heterocycles. The summed E-state index contributed by atoms with van der Waals surface area (Å²) in [7, 11) is 5.14. The third kappa shape index (κ3) is 26.2. The average molecular weight is 1710 g/mol. The topological polar surface area (TPSA) is 325 Å². The molecule has 3 aliphatic rings. The van der Waals surface area contributed by atoms with Gasteiger partial charge in [0.25, 0.3) is 0 Å². The Labute approximate surface area is 688 Å². The maximum absolute atomic E-state index is 13.7. The van der Waals surface area contributed by atoms with Crippen molar-refractivity contribution in [2.75, 3.05) is 173 Å². The number of nitrogens with one attached hydrogen (secondary N) is 1. The minimum absolute atomic E-state index is 0.0301. The summed E-state index contributed by atoms with van der Waals surface area (Å²) >= 11 is 28.5. The fraction of sp³-hybridized carbons (Fsp3) is 0.506. The van der Waals surface area contributed by atoms with Crippen LogP contribution in [-0.2, 0) is 94.6 Å². The normalized spacial score (nSPS) is 17.4. The summed E-state index contributed by atoms with van der Waals surface area (Å²) in [6.45, 7) is 8.02. The number of carbonyl (C=O) groups excluding carboxylic acids is 3. The van der Waals surface area contributed by atoms with E-state index in [0.717, 1.165) is 50.1 Å². The zero-order valence-electron chi connectivity index (χ0n) is 64.1. The molecule has 0 radical (unpaired) electrons. The first-order chi connectivity index (χ1) is 53.5. The first-order valence-electron chi connectivity index (χ1n) is 37.4. The van der Waals surface area contributed by atoms with E-state index < -0.39 is 43.8 Å². The highest BCUT2D eigenvalue weighted by atomic mass is 35.5. The first-order valence-corrected chi connectivity index (χ1v) is 43.0. The maximum Gasteiger partial charge on any atom is 0.240 e. The molecule has 0 aromatic heterocycles. The van der Waals surface area contributed by atoms with Gasteiger partial charge in [-0.15, -0.1) is 0 Å². The molecule has 6 aromatic carbocycles. The summed E-state index contributed by atoms with van der Waals surface area (Å²) in [5.74, 6) is -1.24. The minimum Gasteiger partial charge on any atom is -0.378 e. The van der Waals surface area contributed by atoms with E-state index in [2.05, 4.69) is 19.4 Å². The van der Waals surface area contributed by atoms with Crippen LogP contribution >= 0.6 is 58.0 Å². The Balaban J connectivity index is 0.721. The first kappa shape index (κ1) is 90.7. The molecule has 0 bridgehead atoms. The highest BCUT2D eigenvalue weighted by Gasteiger charge is 2.35. The zero-order valence-corrected chi connectivity index (χ0v) is 70.3. The maximum atomic E-state index is 13.7. The minimum atomic E-state index is -3.87. The number of amides is 3. The van der Waals surface area contributed by atoms with Crippen molar-refractivity contribution in [3.8, 4) is 11.1 Å². The number of fused-ring (bicyclic) bond motifs is 3. The summed E-state index contributed by atoms with van der Waals surface area (Å²) in [5.41, 5.74) is 27.5. The van der Waals surface area contributed by atoms with Crippen LogP contribution in [0.4, 0.5) is 0 Å². The van der Waals surface area contributed by atoms with Gasteiger partial charge in [0.1, 0.15) is 0 Å². The van der Waals surface area contributed by atoms with Gasteiger partial charge in [0.2, 0.25) is 27.7 Å². The Morgan fingerprint density at radius 3 is 1.52 bits per heavy atom. The molecule has 0 saturated heterocycles. The smallest absolute Gasteiger partial charge is 0.240 e. The number of likely N-dealkylation sites (N-methyl/N-ethyl adjacent to an activating group) is 5. The largest absolute Gasteiger partial charge is 0.378 e. The Morgan fingerprint density at radius 2 is 1.01 bits per heavy atom. The van der Waals surface area contributed by atoms with Crippen LogP contribution in [-0.4, -0.2) is 258 Å². The Kier molecular flexibility index (Phi) is 35.5. The fourth-order valence-electron chi connectivity index (χ4n) is 14.5. The van der Waals surface area contributed by atoms with Crippen molar-refractivity contribution in [1.82, 2.24) is 34.1 Å². The molecule has 0 fully saturated rings. The molecule has 9 rings (SSSR count). The summed E-state index contributed by atoms with van der Waals surface area (Å²) in [6, 6.07) is 29.9. The van der Waals surface area contributed by atoms with E-state index in [4.69, 9.17) is 104 Å². The van der Waals surface area contributed by atoms with Crippen LogP contribution in [0.25, 0.3) is 11.1 Å². The predicted octanol–water partition coefficient (Wildman–Crippen LogP) is 9.66. The van der Waals surface area contributed by atoms with Crippen LogP contribution in [0.5, 0.6) is 0 Å². The standard InChI is InChI=1S/C79H105Cl5N10O15S3/c1-89-46-67(65-41-57(81)43-73(83)71(65)48-89)54-9-7-11-61(37-54)112(102,103)88-21-26-105-31-33-107-28-23-92(4)77(96)15-18-79(87,17-14-76(95)91(3)22-27-106-32-30-104-25-20-85)19-16-78(97)93(5)24-29-108-34-35-109-52-59(86)45-94-50-69(53-8-6-10-60(36-53)110(98)99)64-40-56(80)39-63(70(64)51-94)62-13-12-55(38-75(62)111(100)101)68-47-90(2)49-72-66(68)42-58(82)44-74(72)84/h6-13,36-44,59,67-69,88H,14-35,45-52,85-87H2,1-5H3,(H,98,99)(H,100,101). The predicted molar refractivity (Wildman–Crippen MR) is 439 cm³/mol. The van der Waals surface area contributed by atoms with Gasteiger partial charge in [0.05, 0.1) is 94.0 Å². The van der Waals surface area contributed by atoms with E-state index in [1.165, 1.54) is 4.90 Å². The van der Waals surface area contributed by atoms with Crippen LogP contribution in [0.15, 0.2) is 118 Å². The Bertz CT molecular complexity index is 4350. The molecule has 0 aliphatic carbocycles. The van der Waals surface area contributed by atoms with E-state index in [-0.39, 0.29) is 161 Å². The number of nitrogens with two attached hydrogens (primary N) is 3. The van der Waals surface area contributed by atoms with Crippen molar-refractivity contribution in [2.45, 2.75) is 102 Å². The lowest BCUT2D eigenvalue weighted by atomic mass is 9.80. The van der Waals surface area contributed by atoms with Gasteiger partial charge < -0.3 is 79.2 Å². The van der Waals surface area contributed by atoms with E-state index in [1.807, 2.05) is 56.6 Å². The third-order valence-corrected chi connectivity index (χ3v) is 24.8. The molecule has 112 heavy (non-hydrogen) atoms. The second-order valence-corrected chi connectivity index (χ2v) is 34.8. The number of nitrogens with zero attached hydrogens (tertiary/aromatic N) is 6. The SMILES string of the molecule is CN1Cc2c(Cl)cc(Cl)cc2C(c2cccc(S(=O)(=O)NCCOCCOCCN(C)C(=O)CCC(N)(CCC(=O)N(C)CCOCCOCCN)CCC(=O)N(C)CCOCCOCC(N)CN3Cc4c(-c5ccc(C6CN(C)Cc7c(Cl)cc(Cl)cc76)cc5S(=O)O)cc(Cl)cc4C(c4cccc(S(=O)O)c4)C3)c2)C1. The van der Waals surface area contributed by atoms with Crippen molar-refractivity contribution in [3.05, 3.63) is 178 Å². The number of carbonyl (C=O) groups is 3. The number of hydrogen-bond acceptors (Lipinski definition) is 19. The van der Waals surface area contributed by atoms with Crippen molar-refractivity contribution in [3.63, 3.8) is 0 Å². The molecule has 33 heteroatoms. The number of hydrogen-bond donors (Lipinski definition) is 6. The molecule has 7 atom stereocenters. The van der Waals surface area contributed by atoms with Crippen LogP contribution in [0.2, 0.25) is 25.1 Å². The van der Waals surface area contributed by atoms with E-state index >= 15 is 0 Å². The van der Waals surface area contributed by atoms with Gasteiger partial charge in [-0.05, 0) is 156 Å². The molecule has 0 spiro atoms. The van der Waals surface area contributed by atoms with Gasteiger partial charge in [-0.25, -0.2) is 21.6 Å². The number of halogens is 5. The average Bonchev–Trinajstić information content (AvgIpc) is 0.755. The molecule has 7 unspecified atom stereocenters. The Hall–Kier alpha value is -5.17. The summed E-state index contributed by atoms with van der Waals surface area (Å²) in [5, 5.41) is 2.56.